The SMILES string of the molecule is CCCCCCCCCS(=O)c1cccc(N)c1C. The van der Waals surface area contributed by atoms with Crippen LogP contribution in [0.25, 0.3) is 0 Å². The minimum atomic E-state index is -0.894. The van der Waals surface area contributed by atoms with Crippen LogP contribution in [0, 0.1) is 6.92 Å². The Hall–Kier alpha value is -0.830. The number of hydrogen-bond acceptors (Lipinski definition) is 2. The van der Waals surface area contributed by atoms with Crippen LogP contribution < -0.4 is 5.73 Å². The molecule has 0 heterocycles. The molecule has 1 unspecified atom stereocenters. The van der Waals surface area contributed by atoms with Crippen molar-refractivity contribution < 1.29 is 4.21 Å². The van der Waals surface area contributed by atoms with Gasteiger partial charge < -0.3 is 5.73 Å². The summed E-state index contributed by atoms with van der Waals surface area (Å²) >= 11 is 0. The number of nitrogens with two attached hydrogens (primary N) is 1. The normalized spacial score (nSPS) is 12.5. The summed E-state index contributed by atoms with van der Waals surface area (Å²) in [6, 6.07) is 5.69. The van der Waals surface area contributed by atoms with E-state index in [1.165, 1.54) is 38.5 Å². The molecule has 0 saturated carbocycles. The summed E-state index contributed by atoms with van der Waals surface area (Å²) < 4.78 is 12.2. The van der Waals surface area contributed by atoms with E-state index in [2.05, 4.69) is 6.92 Å². The summed E-state index contributed by atoms with van der Waals surface area (Å²) in [6.45, 7) is 4.18. The first-order valence-corrected chi connectivity index (χ1v) is 8.72. The Kier molecular flexibility index (Phi) is 7.80. The van der Waals surface area contributed by atoms with Gasteiger partial charge in [-0.05, 0) is 31.0 Å². The van der Waals surface area contributed by atoms with Crippen molar-refractivity contribution in [2.24, 2.45) is 0 Å². The monoisotopic (exact) mass is 281 g/mol. The molecule has 19 heavy (non-hydrogen) atoms. The number of benzene rings is 1. The van der Waals surface area contributed by atoms with Crippen molar-refractivity contribution in [1.29, 1.82) is 0 Å². The summed E-state index contributed by atoms with van der Waals surface area (Å²) in [5.41, 5.74) is 7.56. The maximum absolute atomic E-state index is 12.2. The van der Waals surface area contributed by atoms with Gasteiger partial charge in [-0.3, -0.25) is 4.21 Å². The Morgan fingerprint density at radius 3 is 2.37 bits per heavy atom. The molecular formula is C16H27NOS. The molecule has 0 bridgehead atoms. The highest BCUT2D eigenvalue weighted by Crippen LogP contribution is 2.20. The van der Waals surface area contributed by atoms with Gasteiger partial charge in [0, 0.05) is 16.3 Å². The Labute approximate surface area is 120 Å². The number of rotatable bonds is 9. The molecule has 0 saturated heterocycles. The molecule has 3 heteroatoms. The van der Waals surface area contributed by atoms with Gasteiger partial charge in [-0.1, -0.05) is 51.5 Å². The highest BCUT2D eigenvalue weighted by Gasteiger charge is 2.08. The first-order valence-electron chi connectivity index (χ1n) is 7.40. The van der Waals surface area contributed by atoms with Crippen LogP contribution in [0.5, 0.6) is 0 Å². The lowest BCUT2D eigenvalue weighted by atomic mass is 10.1. The molecule has 1 rings (SSSR count). The standard InChI is InChI=1S/C16H27NOS/c1-3-4-5-6-7-8-9-13-19(18)16-12-10-11-15(17)14(16)2/h10-12H,3-9,13,17H2,1-2H3. The van der Waals surface area contributed by atoms with E-state index in [-0.39, 0.29) is 0 Å². The predicted octanol–water partition coefficient (Wildman–Crippen LogP) is 4.44. The second-order valence-electron chi connectivity index (χ2n) is 5.14. The minimum Gasteiger partial charge on any atom is -0.398 e. The molecule has 2 nitrogen and oxygen atoms in total. The molecule has 0 spiro atoms. The van der Waals surface area contributed by atoms with Crippen LogP contribution in [-0.2, 0) is 10.8 Å². The lowest BCUT2D eigenvalue weighted by Gasteiger charge is -2.08. The largest absolute Gasteiger partial charge is 0.398 e. The van der Waals surface area contributed by atoms with Crippen LogP contribution in [0.15, 0.2) is 23.1 Å². The Morgan fingerprint density at radius 1 is 1.05 bits per heavy atom. The van der Waals surface area contributed by atoms with Gasteiger partial charge in [-0.15, -0.1) is 0 Å². The van der Waals surface area contributed by atoms with E-state index in [4.69, 9.17) is 5.73 Å². The molecule has 0 radical (unpaired) electrons. The third-order valence-electron chi connectivity index (χ3n) is 3.50. The Morgan fingerprint density at radius 2 is 1.68 bits per heavy atom. The van der Waals surface area contributed by atoms with Gasteiger partial charge in [-0.2, -0.15) is 0 Å². The zero-order valence-corrected chi connectivity index (χ0v) is 13.1. The fourth-order valence-corrected chi connectivity index (χ4v) is 3.55. The third-order valence-corrected chi connectivity index (χ3v) is 5.10. The molecule has 0 fully saturated rings. The van der Waals surface area contributed by atoms with E-state index >= 15 is 0 Å². The highest BCUT2D eigenvalue weighted by atomic mass is 32.2. The molecule has 1 aromatic rings. The van der Waals surface area contributed by atoms with Gasteiger partial charge in [0.1, 0.15) is 0 Å². The molecule has 1 atom stereocenters. The number of anilines is 1. The lowest BCUT2D eigenvalue weighted by molar-refractivity contribution is 0.601. The van der Waals surface area contributed by atoms with E-state index < -0.39 is 10.8 Å². The number of nitrogen functional groups attached to an aromatic ring is 1. The molecule has 0 amide bonds. The molecule has 108 valence electrons. The maximum Gasteiger partial charge on any atom is 0.0532 e. The van der Waals surface area contributed by atoms with Crippen LogP contribution >= 0.6 is 0 Å². The summed E-state index contributed by atoms with van der Waals surface area (Å²) in [5.74, 6) is 0.762. The lowest BCUT2D eigenvalue weighted by Crippen LogP contribution is -2.02. The second kappa shape index (κ2) is 9.13. The summed E-state index contributed by atoms with van der Waals surface area (Å²) in [5, 5.41) is 0. The minimum absolute atomic E-state index is 0.741. The summed E-state index contributed by atoms with van der Waals surface area (Å²) in [6.07, 6.45) is 8.80. The molecule has 0 aromatic heterocycles. The maximum atomic E-state index is 12.2. The second-order valence-corrected chi connectivity index (χ2v) is 6.68. The summed E-state index contributed by atoms with van der Waals surface area (Å²) in [7, 11) is -0.894. The number of hydrogen-bond donors (Lipinski definition) is 1. The van der Waals surface area contributed by atoms with Gasteiger partial charge in [0.05, 0.1) is 10.8 Å². The van der Waals surface area contributed by atoms with Crippen LogP contribution in [-0.4, -0.2) is 9.96 Å². The average Bonchev–Trinajstić information content (AvgIpc) is 2.40. The van der Waals surface area contributed by atoms with Crippen LogP contribution in [0.1, 0.15) is 57.4 Å². The quantitative estimate of drug-likeness (QED) is 0.537. The fourth-order valence-electron chi connectivity index (χ4n) is 2.18. The van der Waals surface area contributed by atoms with Crippen molar-refractivity contribution in [1.82, 2.24) is 0 Å². The van der Waals surface area contributed by atoms with Gasteiger partial charge in [0.2, 0.25) is 0 Å². The van der Waals surface area contributed by atoms with Crippen LogP contribution in [0.3, 0.4) is 0 Å². The van der Waals surface area contributed by atoms with E-state index in [9.17, 15) is 4.21 Å². The third kappa shape index (κ3) is 5.77. The smallest absolute Gasteiger partial charge is 0.0532 e. The van der Waals surface area contributed by atoms with Gasteiger partial charge >= 0.3 is 0 Å². The van der Waals surface area contributed by atoms with Gasteiger partial charge in [0.15, 0.2) is 0 Å². The van der Waals surface area contributed by atoms with E-state index in [1.54, 1.807) is 0 Å². The van der Waals surface area contributed by atoms with Crippen LogP contribution in [0.2, 0.25) is 0 Å². The molecule has 0 aliphatic rings. The number of unbranched alkanes of at least 4 members (excludes halogenated alkanes) is 6. The Bertz CT molecular complexity index is 404. The zero-order valence-electron chi connectivity index (χ0n) is 12.3. The van der Waals surface area contributed by atoms with Gasteiger partial charge in [0.25, 0.3) is 0 Å². The van der Waals surface area contributed by atoms with Crippen molar-refractivity contribution in [3.05, 3.63) is 23.8 Å². The first-order chi connectivity index (χ1) is 9.16. The predicted molar refractivity (Wildman–Crippen MR) is 84.9 cm³/mol. The first kappa shape index (κ1) is 16.2. The topological polar surface area (TPSA) is 43.1 Å². The Balaban J connectivity index is 2.26. The fraction of sp³-hybridized carbons (Fsp3) is 0.625. The van der Waals surface area contributed by atoms with E-state index in [0.29, 0.717) is 0 Å². The van der Waals surface area contributed by atoms with Crippen molar-refractivity contribution in [3.63, 3.8) is 0 Å². The summed E-state index contributed by atoms with van der Waals surface area (Å²) in [4.78, 5) is 0.908. The molecule has 0 aliphatic heterocycles. The average molecular weight is 281 g/mol. The van der Waals surface area contributed by atoms with Crippen LogP contribution in [0.4, 0.5) is 5.69 Å². The zero-order chi connectivity index (χ0) is 14.1. The highest BCUT2D eigenvalue weighted by molar-refractivity contribution is 7.85. The molecule has 1 aromatic carbocycles. The van der Waals surface area contributed by atoms with E-state index in [1.807, 2.05) is 25.1 Å². The van der Waals surface area contributed by atoms with E-state index in [0.717, 1.165) is 28.3 Å². The molecule has 2 N–H and O–H groups in total. The molecular weight excluding hydrogens is 254 g/mol. The van der Waals surface area contributed by atoms with Crippen molar-refractivity contribution >= 4 is 16.5 Å². The van der Waals surface area contributed by atoms with Crippen molar-refractivity contribution in [2.75, 3.05) is 11.5 Å². The molecule has 0 aliphatic carbocycles. The van der Waals surface area contributed by atoms with Crippen molar-refractivity contribution in [2.45, 2.75) is 63.7 Å². The van der Waals surface area contributed by atoms with Gasteiger partial charge in [-0.25, -0.2) is 0 Å². The van der Waals surface area contributed by atoms with Crippen molar-refractivity contribution in [3.8, 4) is 0 Å².